The Morgan fingerprint density at radius 2 is 1.70 bits per heavy atom. The average molecular weight is 613 g/mol. The third-order valence-electron chi connectivity index (χ3n) is 11.6. The van der Waals surface area contributed by atoms with E-state index in [1.165, 1.54) is 4.90 Å². The number of likely N-dealkylation sites (tertiary alicyclic amines) is 2. The van der Waals surface area contributed by atoms with Crippen molar-refractivity contribution in [2.24, 2.45) is 34.0 Å². The zero-order valence-corrected chi connectivity index (χ0v) is 25.6. The first-order chi connectivity index (χ1) is 20.2. The van der Waals surface area contributed by atoms with E-state index in [0.717, 1.165) is 32.1 Å². The standard InChI is InChI=1S/C31H47F3N4O5/c1-19(42-17-29-8-4-21(5-9-29)43-18-29)24(27(41)37-10-6-20(7-11-37)31(32,33)34)36-25(39)23-13-35-14-30(23)15-38(16-30)26(40)22-12-28(22,2)3/h19-24,35H,4-18H2,1-3H3,(H,36,39)/t19-,21?,22-,23+,24+,29?/m1/s1. The van der Waals surface area contributed by atoms with Crippen LogP contribution in [0.3, 0.4) is 0 Å². The van der Waals surface area contributed by atoms with Crippen LogP contribution >= 0.6 is 0 Å². The second kappa shape index (κ2) is 11.2. The Labute approximate surface area is 251 Å². The van der Waals surface area contributed by atoms with Crippen LogP contribution in [0.5, 0.6) is 0 Å². The van der Waals surface area contributed by atoms with Crippen molar-refractivity contribution in [2.75, 3.05) is 52.5 Å². The van der Waals surface area contributed by atoms with Gasteiger partial charge in [-0.3, -0.25) is 14.4 Å². The van der Waals surface area contributed by atoms with Gasteiger partial charge in [-0.1, -0.05) is 13.8 Å². The fourth-order valence-corrected chi connectivity index (χ4v) is 8.14. The number of piperidine rings is 1. The molecule has 3 amide bonds. The first-order valence-corrected chi connectivity index (χ1v) is 16.1. The van der Waals surface area contributed by atoms with Crippen LogP contribution in [-0.4, -0.2) is 104 Å². The van der Waals surface area contributed by atoms with Crippen molar-refractivity contribution in [2.45, 2.75) is 90.1 Å². The lowest BCUT2D eigenvalue weighted by Gasteiger charge is -2.51. The fraction of sp³-hybridized carbons (Fsp3) is 0.903. The summed E-state index contributed by atoms with van der Waals surface area (Å²) in [6.07, 6.45) is -0.105. The number of fused-ring (bicyclic) bond motifs is 3. The van der Waals surface area contributed by atoms with Crippen molar-refractivity contribution < 1.29 is 37.0 Å². The highest BCUT2D eigenvalue weighted by Crippen LogP contribution is 2.54. The summed E-state index contributed by atoms with van der Waals surface area (Å²) in [4.78, 5) is 43.9. The summed E-state index contributed by atoms with van der Waals surface area (Å²) in [6, 6.07) is -1.02. The number of ether oxygens (including phenoxy) is 2. The molecule has 5 heterocycles. The predicted molar refractivity (Wildman–Crippen MR) is 151 cm³/mol. The normalized spacial score (nSPS) is 34.5. The van der Waals surface area contributed by atoms with Crippen molar-refractivity contribution in [1.82, 2.24) is 20.4 Å². The van der Waals surface area contributed by atoms with E-state index in [1.807, 2.05) is 4.90 Å². The number of amides is 3. The number of nitrogens with zero attached hydrogens (tertiary/aromatic N) is 2. The number of halogens is 3. The van der Waals surface area contributed by atoms with Crippen LogP contribution in [-0.2, 0) is 23.9 Å². The molecule has 7 aliphatic rings. The minimum Gasteiger partial charge on any atom is -0.378 e. The van der Waals surface area contributed by atoms with Crippen LogP contribution in [0.1, 0.15) is 65.7 Å². The molecular formula is C31H47F3N4O5. The molecule has 4 atom stereocenters. The fourth-order valence-electron chi connectivity index (χ4n) is 8.14. The van der Waals surface area contributed by atoms with Crippen molar-refractivity contribution in [3.8, 4) is 0 Å². The highest BCUT2D eigenvalue weighted by atomic mass is 19.4. The molecule has 43 heavy (non-hydrogen) atoms. The number of rotatable bonds is 8. The van der Waals surface area contributed by atoms with Crippen LogP contribution < -0.4 is 10.6 Å². The van der Waals surface area contributed by atoms with Crippen LogP contribution in [0.4, 0.5) is 13.2 Å². The van der Waals surface area contributed by atoms with Gasteiger partial charge < -0.3 is 29.9 Å². The molecule has 5 saturated heterocycles. The molecule has 242 valence electrons. The van der Waals surface area contributed by atoms with Crippen molar-refractivity contribution in [3.63, 3.8) is 0 Å². The van der Waals surface area contributed by atoms with Crippen LogP contribution in [0.25, 0.3) is 0 Å². The van der Waals surface area contributed by atoms with E-state index in [1.54, 1.807) is 6.92 Å². The first kappa shape index (κ1) is 31.1. The minimum atomic E-state index is -4.28. The Hall–Kier alpha value is -1.92. The number of hydrogen-bond acceptors (Lipinski definition) is 6. The summed E-state index contributed by atoms with van der Waals surface area (Å²) in [5.74, 6) is -2.33. The van der Waals surface area contributed by atoms with Crippen molar-refractivity contribution in [1.29, 1.82) is 0 Å². The Morgan fingerprint density at radius 1 is 1.05 bits per heavy atom. The zero-order chi connectivity index (χ0) is 30.8. The Kier molecular flexibility index (Phi) is 8.06. The molecule has 12 heteroatoms. The van der Waals surface area contributed by atoms with Gasteiger partial charge in [-0.15, -0.1) is 0 Å². The molecule has 2 bridgehead atoms. The highest BCUT2D eigenvalue weighted by molar-refractivity contribution is 5.90. The molecule has 0 aromatic heterocycles. The van der Waals surface area contributed by atoms with Gasteiger partial charge in [0.2, 0.25) is 17.7 Å². The highest BCUT2D eigenvalue weighted by Gasteiger charge is 2.60. The summed E-state index contributed by atoms with van der Waals surface area (Å²) in [5.41, 5.74) is -0.465. The maximum Gasteiger partial charge on any atom is 0.391 e. The van der Waals surface area contributed by atoms with E-state index < -0.39 is 41.5 Å². The summed E-state index contributed by atoms with van der Waals surface area (Å²) in [5, 5.41) is 6.31. The first-order valence-electron chi connectivity index (χ1n) is 16.1. The van der Waals surface area contributed by atoms with E-state index in [9.17, 15) is 27.6 Å². The summed E-state index contributed by atoms with van der Waals surface area (Å²) in [7, 11) is 0. The number of nitrogens with one attached hydrogen (secondary N) is 2. The molecular weight excluding hydrogens is 565 g/mol. The van der Waals surface area contributed by atoms with Crippen LogP contribution in [0, 0.1) is 34.0 Å². The van der Waals surface area contributed by atoms with Crippen LogP contribution in [0.15, 0.2) is 0 Å². The Bertz CT molecular complexity index is 1080. The number of carbonyl (C=O) groups excluding carboxylic acids is 3. The zero-order valence-electron chi connectivity index (χ0n) is 25.6. The van der Waals surface area contributed by atoms with E-state index in [2.05, 4.69) is 24.5 Å². The van der Waals surface area contributed by atoms with Gasteiger partial charge in [-0.2, -0.15) is 13.2 Å². The molecule has 1 spiro atoms. The van der Waals surface area contributed by atoms with Gasteiger partial charge in [-0.05, 0) is 57.3 Å². The van der Waals surface area contributed by atoms with Crippen molar-refractivity contribution >= 4 is 17.7 Å². The summed E-state index contributed by atoms with van der Waals surface area (Å²) in [6.45, 7) is 9.01. The second-order valence-corrected chi connectivity index (χ2v) is 15.1. The van der Waals surface area contributed by atoms with E-state index in [-0.39, 0.29) is 54.5 Å². The lowest BCUT2D eigenvalue weighted by atomic mass is 9.70. The molecule has 0 unspecified atom stereocenters. The molecule has 2 aliphatic carbocycles. The molecule has 0 aromatic carbocycles. The lowest BCUT2D eigenvalue weighted by Crippen LogP contribution is -2.65. The lowest BCUT2D eigenvalue weighted by molar-refractivity contribution is -0.187. The van der Waals surface area contributed by atoms with E-state index >= 15 is 0 Å². The molecule has 9 nitrogen and oxygen atoms in total. The van der Waals surface area contributed by atoms with Gasteiger partial charge >= 0.3 is 6.18 Å². The predicted octanol–water partition coefficient (Wildman–Crippen LogP) is 2.73. The quantitative estimate of drug-likeness (QED) is 0.438. The molecule has 0 aromatic rings. The van der Waals surface area contributed by atoms with Gasteiger partial charge in [0, 0.05) is 56.0 Å². The maximum atomic E-state index is 13.8. The summed E-state index contributed by atoms with van der Waals surface area (Å²) < 4.78 is 52.2. The largest absolute Gasteiger partial charge is 0.391 e. The monoisotopic (exact) mass is 612 g/mol. The molecule has 5 aliphatic heterocycles. The molecule has 0 radical (unpaired) electrons. The minimum absolute atomic E-state index is 0.00915. The van der Waals surface area contributed by atoms with Crippen LogP contribution in [0.2, 0.25) is 0 Å². The second-order valence-electron chi connectivity index (χ2n) is 15.1. The number of carbonyl (C=O) groups is 3. The third kappa shape index (κ3) is 6.04. The van der Waals surface area contributed by atoms with E-state index in [4.69, 9.17) is 9.47 Å². The SMILES string of the molecule is C[C@@H](OCC12CCC(CC1)OC2)[C@H](NC(=O)[C@@H]1CNCC12CN(C(=O)[C@H]1CC1(C)C)C2)C(=O)N1CCC(C(F)(F)F)CC1. The van der Waals surface area contributed by atoms with Gasteiger partial charge in [-0.25, -0.2) is 0 Å². The Balaban J connectivity index is 1.12. The molecule has 7 fully saturated rings. The van der Waals surface area contributed by atoms with Crippen molar-refractivity contribution in [3.05, 3.63) is 0 Å². The van der Waals surface area contributed by atoms with E-state index in [0.29, 0.717) is 45.5 Å². The smallest absolute Gasteiger partial charge is 0.378 e. The van der Waals surface area contributed by atoms with Gasteiger partial charge in [0.05, 0.1) is 37.3 Å². The maximum absolute atomic E-state index is 13.8. The topological polar surface area (TPSA) is 100 Å². The average Bonchev–Trinajstić information content (AvgIpc) is 3.38. The number of hydrogen-bond donors (Lipinski definition) is 2. The third-order valence-corrected chi connectivity index (χ3v) is 11.6. The molecule has 2 N–H and O–H groups in total. The number of alkyl halides is 3. The Morgan fingerprint density at radius 3 is 2.26 bits per heavy atom. The summed E-state index contributed by atoms with van der Waals surface area (Å²) >= 11 is 0. The van der Waals surface area contributed by atoms with Gasteiger partial charge in [0.1, 0.15) is 6.04 Å². The van der Waals surface area contributed by atoms with Gasteiger partial charge in [0.25, 0.3) is 0 Å². The molecule has 2 saturated carbocycles. The molecule has 7 rings (SSSR count). The van der Waals surface area contributed by atoms with Gasteiger partial charge in [0.15, 0.2) is 0 Å².